The van der Waals surface area contributed by atoms with Gasteiger partial charge in [-0.25, -0.2) is 13.6 Å². The van der Waals surface area contributed by atoms with E-state index in [0.717, 1.165) is 24.3 Å². The molecule has 24 heavy (non-hydrogen) atoms. The van der Waals surface area contributed by atoms with E-state index in [2.05, 4.69) is 6.58 Å². The molecule has 0 aliphatic carbocycles. The standard InChI is InChI=1S/C13H11Cl3N2O5S/c1-2-8(18(19)20)3-4-9(7-14)23-13-11(15)5-10(6-12(13)16)24(17,21)22/h2-6H,1,7H2,(H2,17,21,22)/b8-3+,9-4+. The van der Waals surface area contributed by atoms with Crippen molar-refractivity contribution < 1.29 is 18.1 Å². The fourth-order valence-electron chi connectivity index (χ4n) is 1.42. The average molecular weight is 414 g/mol. The van der Waals surface area contributed by atoms with Crippen LogP contribution in [0.3, 0.4) is 0 Å². The molecule has 0 heterocycles. The Hall–Kier alpha value is -1.58. The van der Waals surface area contributed by atoms with E-state index in [-0.39, 0.29) is 38.0 Å². The Morgan fingerprint density at radius 3 is 2.25 bits per heavy atom. The maximum atomic E-state index is 11.3. The molecule has 0 radical (unpaired) electrons. The second-order valence-electron chi connectivity index (χ2n) is 4.18. The monoisotopic (exact) mass is 412 g/mol. The second-order valence-corrected chi connectivity index (χ2v) is 6.83. The minimum absolute atomic E-state index is 0.0627. The van der Waals surface area contributed by atoms with Crippen molar-refractivity contribution >= 4 is 44.8 Å². The maximum Gasteiger partial charge on any atom is 0.268 e. The molecule has 1 rings (SSSR count). The zero-order valence-electron chi connectivity index (χ0n) is 11.9. The molecule has 0 amide bonds. The van der Waals surface area contributed by atoms with Crippen LogP contribution in [0.4, 0.5) is 0 Å². The van der Waals surface area contributed by atoms with Crippen LogP contribution in [0.5, 0.6) is 5.75 Å². The van der Waals surface area contributed by atoms with Gasteiger partial charge in [0.2, 0.25) is 10.0 Å². The molecule has 7 nitrogen and oxygen atoms in total. The van der Waals surface area contributed by atoms with Crippen molar-refractivity contribution in [3.63, 3.8) is 0 Å². The molecule has 0 fully saturated rings. The highest BCUT2D eigenvalue weighted by Crippen LogP contribution is 2.36. The van der Waals surface area contributed by atoms with Gasteiger partial charge in [0.05, 0.1) is 25.7 Å². The van der Waals surface area contributed by atoms with Crippen LogP contribution < -0.4 is 9.88 Å². The summed E-state index contributed by atoms with van der Waals surface area (Å²) in [4.78, 5) is 9.75. The smallest absolute Gasteiger partial charge is 0.268 e. The summed E-state index contributed by atoms with van der Waals surface area (Å²) in [6.45, 7) is 3.31. The number of hydrogen-bond acceptors (Lipinski definition) is 5. The van der Waals surface area contributed by atoms with Crippen molar-refractivity contribution in [1.29, 1.82) is 0 Å². The highest BCUT2D eigenvalue weighted by atomic mass is 35.5. The second kappa shape index (κ2) is 8.50. The Kier molecular flexibility index (Phi) is 7.25. The van der Waals surface area contributed by atoms with Crippen LogP contribution in [0.25, 0.3) is 0 Å². The van der Waals surface area contributed by atoms with Crippen LogP contribution in [0.2, 0.25) is 10.0 Å². The average Bonchev–Trinajstić information content (AvgIpc) is 2.47. The Bertz CT molecular complexity index is 811. The molecule has 11 heteroatoms. The van der Waals surface area contributed by atoms with Gasteiger partial charge >= 0.3 is 0 Å². The van der Waals surface area contributed by atoms with Crippen molar-refractivity contribution in [2.75, 3.05) is 5.88 Å². The zero-order chi connectivity index (χ0) is 18.5. The van der Waals surface area contributed by atoms with Gasteiger partial charge in [-0.3, -0.25) is 10.1 Å². The Morgan fingerprint density at radius 1 is 1.33 bits per heavy atom. The molecule has 0 aliphatic heterocycles. The van der Waals surface area contributed by atoms with Crippen molar-refractivity contribution in [2.45, 2.75) is 4.90 Å². The third-order valence-electron chi connectivity index (χ3n) is 2.53. The third kappa shape index (κ3) is 5.50. The highest BCUT2D eigenvalue weighted by molar-refractivity contribution is 7.89. The molecular weight excluding hydrogens is 403 g/mol. The van der Waals surface area contributed by atoms with E-state index in [9.17, 15) is 18.5 Å². The minimum atomic E-state index is -3.99. The van der Waals surface area contributed by atoms with Crippen molar-refractivity contribution in [3.05, 3.63) is 68.6 Å². The van der Waals surface area contributed by atoms with Crippen molar-refractivity contribution in [3.8, 4) is 5.75 Å². The lowest BCUT2D eigenvalue weighted by Crippen LogP contribution is -2.12. The summed E-state index contributed by atoms with van der Waals surface area (Å²) >= 11 is 17.6. The van der Waals surface area contributed by atoms with E-state index >= 15 is 0 Å². The first kappa shape index (κ1) is 20.5. The lowest BCUT2D eigenvalue weighted by atomic mass is 10.3. The van der Waals surface area contributed by atoms with Crippen LogP contribution in [0.15, 0.2) is 53.3 Å². The van der Waals surface area contributed by atoms with Crippen LogP contribution in [0.1, 0.15) is 0 Å². The molecule has 0 saturated carbocycles. The van der Waals surface area contributed by atoms with E-state index in [1.54, 1.807) is 0 Å². The summed E-state index contributed by atoms with van der Waals surface area (Å²) in [5.41, 5.74) is -0.275. The molecule has 0 bridgehead atoms. The molecule has 1 aromatic rings. The van der Waals surface area contributed by atoms with Crippen LogP contribution >= 0.6 is 34.8 Å². The summed E-state index contributed by atoms with van der Waals surface area (Å²) in [5.74, 6) is -0.125. The van der Waals surface area contributed by atoms with E-state index < -0.39 is 14.9 Å². The first-order valence-electron chi connectivity index (χ1n) is 6.03. The lowest BCUT2D eigenvalue weighted by Gasteiger charge is -2.12. The Balaban J connectivity index is 3.23. The number of hydrogen-bond donors (Lipinski definition) is 1. The number of alkyl halides is 1. The predicted molar refractivity (Wildman–Crippen MR) is 92.5 cm³/mol. The molecule has 2 N–H and O–H groups in total. The van der Waals surface area contributed by atoms with Gasteiger partial charge < -0.3 is 4.74 Å². The van der Waals surface area contributed by atoms with Crippen molar-refractivity contribution in [2.24, 2.45) is 5.14 Å². The van der Waals surface area contributed by atoms with Gasteiger partial charge in [0.15, 0.2) is 5.75 Å². The van der Waals surface area contributed by atoms with E-state index in [4.69, 9.17) is 44.7 Å². The van der Waals surface area contributed by atoms with Crippen LogP contribution in [-0.4, -0.2) is 19.2 Å². The normalized spacial score (nSPS) is 12.8. The van der Waals surface area contributed by atoms with E-state index in [1.807, 2.05) is 0 Å². The molecule has 0 aliphatic rings. The fourth-order valence-corrected chi connectivity index (χ4v) is 2.82. The number of nitrogens with zero attached hydrogens (tertiary/aromatic N) is 1. The Morgan fingerprint density at radius 2 is 1.88 bits per heavy atom. The number of allylic oxidation sites excluding steroid dienone is 4. The number of halogens is 3. The first-order valence-corrected chi connectivity index (χ1v) is 8.87. The molecule has 1 aromatic carbocycles. The number of primary sulfonamides is 1. The number of rotatable bonds is 7. The summed E-state index contributed by atoms with van der Waals surface area (Å²) in [5, 5.41) is 15.4. The fraction of sp³-hybridized carbons (Fsp3) is 0.0769. The van der Waals surface area contributed by atoms with Gasteiger partial charge in [-0.2, -0.15) is 0 Å². The first-order chi connectivity index (χ1) is 11.1. The van der Waals surface area contributed by atoms with Crippen molar-refractivity contribution in [1.82, 2.24) is 0 Å². The van der Waals surface area contributed by atoms with Gasteiger partial charge in [-0.15, -0.1) is 11.6 Å². The molecule has 130 valence electrons. The van der Waals surface area contributed by atoms with Gasteiger partial charge in [0, 0.05) is 12.2 Å². The van der Waals surface area contributed by atoms with Crippen LogP contribution in [-0.2, 0) is 10.0 Å². The molecule has 0 atom stereocenters. The van der Waals surface area contributed by atoms with E-state index in [0.29, 0.717) is 0 Å². The van der Waals surface area contributed by atoms with Crippen LogP contribution in [0, 0.1) is 10.1 Å². The molecule has 0 aromatic heterocycles. The molecule has 0 unspecified atom stereocenters. The Labute approximate surface area is 153 Å². The van der Waals surface area contributed by atoms with Gasteiger partial charge in [-0.1, -0.05) is 29.8 Å². The summed E-state index contributed by atoms with van der Waals surface area (Å²) < 4.78 is 28.0. The summed E-state index contributed by atoms with van der Waals surface area (Å²) in [7, 11) is -3.99. The zero-order valence-corrected chi connectivity index (χ0v) is 15.0. The quantitative estimate of drug-likeness (QED) is 0.242. The number of nitro groups is 1. The van der Waals surface area contributed by atoms with E-state index in [1.165, 1.54) is 6.08 Å². The number of nitrogens with two attached hydrogens (primary N) is 1. The predicted octanol–water partition coefficient (Wildman–Crippen LogP) is 3.49. The molecule has 0 saturated heterocycles. The highest BCUT2D eigenvalue weighted by Gasteiger charge is 2.17. The largest absolute Gasteiger partial charge is 0.457 e. The topological polar surface area (TPSA) is 113 Å². The maximum absolute atomic E-state index is 11.3. The third-order valence-corrected chi connectivity index (χ3v) is 4.24. The number of ether oxygens (including phenoxy) is 1. The summed E-state index contributed by atoms with van der Waals surface area (Å²) in [6, 6.07) is 2.12. The van der Waals surface area contributed by atoms with Gasteiger partial charge in [-0.05, 0) is 18.2 Å². The van der Waals surface area contributed by atoms with Gasteiger partial charge in [0.25, 0.3) is 5.70 Å². The minimum Gasteiger partial charge on any atom is -0.457 e. The lowest BCUT2D eigenvalue weighted by molar-refractivity contribution is -0.418. The summed E-state index contributed by atoms with van der Waals surface area (Å²) in [6.07, 6.45) is 3.42. The number of sulfonamides is 1. The van der Waals surface area contributed by atoms with Gasteiger partial charge in [0.1, 0.15) is 5.76 Å². The number of benzene rings is 1. The molecular formula is C13H11Cl3N2O5S. The SMILES string of the molecule is C=C/C(=C\C=C(/CCl)Oc1c(Cl)cc(S(N)(=O)=O)cc1Cl)[N+](=O)[O-]. The molecule has 0 spiro atoms.